The summed E-state index contributed by atoms with van der Waals surface area (Å²) in [5.74, 6) is -0.135. The average Bonchev–Trinajstić information content (AvgIpc) is 2.49. The lowest BCUT2D eigenvalue weighted by Gasteiger charge is -2.01. The molecule has 0 saturated carbocycles. The number of nitrogens with zero attached hydrogens (tertiary/aromatic N) is 1. The molecule has 0 saturated heterocycles. The van der Waals surface area contributed by atoms with Crippen molar-refractivity contribution in [3.05, 3.63) is 46.0 Å². The van der Waals surface area contributed by atoms with Crippen molar-refractivity contribution in [1.29, 1.82) is 0 Å². The third kappa shape index (κ3) is 7.25. The maximum absolute atomic E-state index is 11.6. The summed E-state index contributed by atoms with van der Waals surface area (Å²) in [4.78, 5) is 21.6. The number of rotatable bonds is 9. The molecule has 0 atom stereocenters. The van der Waals surface area contributed by atoms with Crippen LogP contribution in [0.1, 0.15) is 44.6 Å². The van der Waals surface area contributed by atoms with Crippen LogP contribution < -0.4 is 5.32 Å². The minimum atomic E-state index is -0.446. The van der Waals surface area contributed by atoms with Gasteiger partial charge in [0.05, 0.1) is 4.92 Å². The zero-order valence-electron chi connectivity index (χ0n) is 12.4. The summed E-state index contributed by atoms with van der Waals surface area (Å²) in [6, 6.07) is 6.08. The van der Waals surface area contributed by atoms with Gasteiger partial charge in [-0.15, -0.1) is 0 Å². The van der Waals surface area contributed by atoms with Crippen LogP contribution in [-0.4, -0.2) is 17.4 Å². The maximum Gasteiger partial charge on any atom is 0.269 e. The number of nitro groups is 1. The molecule has 0 aromatic heterocycles. The van der Waals surface area contributed by atoms with E-state index >= 15 is 0 Å². The van der Waals surface area contributed by atoms with Crippen molar-refractivity contribution in [2.75, 3.05) is 6.54 Å². The standard InChI is InChI=1S/C16H22N2O3/c1-2-3-4-5-6-13-17-16(19)12-9-14-7-10-15(11-8-14)18(20)21/h7-12H,2-6,13H2,1H3,(H,17,19). The molecule has 21 heavy (non-hydrogen) atoms. The van der Waals surface area contributed by atoms with E-state index in [1.807, 2.05) is 0 Å². The lowest BCUT2D eigenvalue weighted by Crippen LogP contribution is -2.21. The molecule has 5 nitrogen and oxygen atoms in total. The van der Waals surface area contributed by atoms with Gasteiger partial charge in [-0.3, -0.25) is 14.9 Å². The van der Waals surface area contributed by atoms with Gasteiger partial charge in [0.15, 0.2) is 0 Å². The molecule has 114 valence electrons. The molecule has 1 rings (SSSR count). The minimum Gasteiger partial charge on any atom is -0.353 e. The van der Waals surface area contributed by atoms with E-state index in [9.17, 15) is 14.9 Å². The molecule has 0 aliphatic heterocycles. The number of carbonyl (C=O) groups is 1. The van der Waals surface area contributed by atoms with E-state index in [1.54, 1.807) is 18.2 Å². The first kappa shape index (κ1) is 16.9. The Balaban J connectivity index is 2.28. The molecule has 1 amide bonds. The van der Waals surface area contributed by atoms with Gasteiger partial charge in [0.1, 0.15) is 0 Å². The van der Waals surface area contributed by atoms with Crippen molar-refractivity contribution in [2.24, 2.45) is 0 Å². The molecule has 0 heterocycles. The van der Waals surface area contributed by atoms with Gasteiger partial charge in [-0.25, -0.2) is 0 Å². The Morgan fingerprint density at radius 3 is 2.48 bits per heavy atom. The van der Waals surface area contributed by atoms with E-state index in [2.05, 4.69) is 12.2 Å². The maximum atomic E-state index is 11.6. The number of benzene rings is 1. The zero-order chi connectivity index (χ0) is 15.5. The predicted molar refractivity (Wildman–Crippen MR) is 83.9 cm³/mol. The highest BCUT2D eigenvalue weighted by Gasteiger charge is 2.02. The topological polar surface area (TPSA) is 72.2 Å². The third-order valence-electron chi connectivity index (χ3n) is 3.11. The van der Waals surface area contributed by atoms with Crippen LogP contribution in [0.15, 0.2) is 30.3 Å². The highest BCUT2D eigenvalue weighted by Crippen LogP contribution is 2.12. The molecular weight excluding hydrogens is 268 g/mol. The first-order valence-corrected chi connectivity index (χ1v) is 7.34. The molecule has 0 fully saturated rings. The molecule has 0 spiro atoms. The minimum absolute atomic E-state index is 0.0451. The molecule has 0 bridgehead atoms. The number of unbranched alkanes of at least 4 members (excludes halogenated alkanes) is 4. The molecule has 1 aromatic rings. The Hall–Kier alpha value is -2.17. The average molecular weight is 290 g/mol. The second kappa shape index (κ2) is 9.69. The monoisotopic (exact) mass is 290 g/mol. The fraction of sp³-hybridized carbons (Fsp3) is 0.438. The molecule has 0 unspecified atom stereocenters. The van der Waals surface area contributed by atoms with Gasteiger partial charge >= 0.3 is 0 Å². The van der Waals surface area contributed by atoms with Gasteiger partial charge in [0.25, 0.3) is 5.69 Å². The lowest BCUT2D eigenvalue weighted by atomic mass is 10.1. The number of non-ortho nitro benzene ring substituents is 1. The number of hydrogen-bond donors (Lipinski definition) is 1. The van der Waals surface area contributed by atoms with Gasteiger partial charge in [-0.1, -0.05) is 32.6 Å². The Bertz CT molecular complexity index is 481. The smallest absolute Gasteiger partial charge is 0.269 e. The number of hydrogen-bond acceptors (Lipinski definition) is 3. The molecule has 1 N–H and O–H groups in total. The first-order valence-electron chi connectivity index (χ1n) is 7.34. The lowest BCUT2D eigenvalue weighted by molar-refractivity contribution is -0.384. The van der Waals surface area contributed by atoms with Gasteiger partial charge in [-0.05, 0) is 30.2 Å². The van der Waals surface area contributed by atoms with Crippen molar-refractivity contribution in [2.45, 2.75) is 39.0 Å². The Kier molecular flexibility index (Phi) is 7.79. The zero-order valence-corrected chi connectivity index (χ0v) is 12.4. The van der Waals surface area contributed by atoms with Crippen LogP contribution >= 0.6 is 0 Å². The molecule has 0 aliphatic carbocycles. The number of nitrogens with one attached hydrogen (secondary N) is 1. The van der Waals surface area contributed by atoms with Crippen molar-refractivity contribution in [3.63, 3.8) is 0 Å². The summed E-state index contributed by atoms with van der Waals surface area (Å²) in [5.41, 5.74) is 0.808. The number of amides is 1. The summed E-state index contributed by atoms with van der Waals surface area (Å²) in [7, 11) is 0. The fourth-order valence-electron chi connectivity index (χ4n) is 1.88. The number of nitro benzene ring substituents is 1. The van der Waals surface area contributed by atoms with Crippen molar-refractivity contribution in [3.8, 4) is 0 Å². The van der Waals surface area contributed by atoms with Crippen LogP contribution in [-0.2, 0) is 4.79 Å². The molecule has 5 heteroatoms. The van der Waals surface area contributed by atoms with Gasteiger partial charge in [-0.2, -0.15) is 0 Å². The first-order chi connectivity index (χ1) is 10.1. The third-order valence-corrected chi connectivity index (χ3v) is 3.11. The summed E-state index contributed by atoms with van der Waals surface area (Å²) in [6.45, 7) is 2.86. The quantitative estimate of drug-likeness (QED) is 0.326. The van der Waals surface area contributed by atoms with Crippen LogP contribution in [0, 0.1) is 10.1 Å². The van der Waals surface area contributed by atoms with E-state index < -0.39 is 4.92 Å². The van der Waals surface area contributed by atoms with Crippen LogP contribution in [0.25, 0.3) is 6.08 Å². The van der Waals surface area contributed by atoms with Crippen LogP contribution in [0.2, 0.25) is 0 Å². The molecule has 0 radical (unpaired) electrons. The Morgan fingerprint density at radius 1 is 1.19 bits per heavy atom. The Labute approximate surface area is 125 Å². The Morgan fingerprint density at radius 2 is 1.86 bits per heavy atom. The van der Waals surface area contributed by atoms with Crippen molar-refractivity contribution < 1.29 is 9.72 Å². The van der Waals surface area contributed by atoms with Crippen LogP contribution in [0.5, 0.6) is 0 Å². The second-order valence-electron chi connectivity index (χ2n) is 4.89. The van der Waals surface area contributed by atoms with Crippen LogP contribution in [0.3, 0.4) is 0 Å². The van der Waals surface area contributed by atoms with Gasteiger partial charge < -0.3 is 5.32 Å². The number of carbonyl (C=O) groups excluding carboxylic acids is 1. The summed E-state index contributed by atoms with van der Waals surface area (Å²) in [6.07, 6.45) is 8.91. The van der Waals surface area contributed by atoms with Crippen molar-refractivity contribution >= 4 is 17.7 Å². The highest BCUT2D eigenvalue weighted by atomic mass is 16.6. The molecule has 0 aliphatic rings. The van der Waals surface area contributed by atoms with Crippen LogP contribution in [0.4, 0.5) is 5.69 Å². The second-order valence-corrected chi connectivity index (χ2v) is 4.89. The van der Waals surface area contributed by atoms with Gasteiger partial charge in [0.2, 0.25) is 5.91 Å². The van der Waals surface area contributed by atoms with E-state index in [0.29, 0.717) is 6.54 Å². The summed E-state index contributed by atoms with van der Waals surface area (Å²) >= 11 is 0. The summed E-state index contributed by atoms with van der Waals surface area (Å²) in [5, 5.41) is 13.3. The largest absolute Gasteiger partial charge is 0.353 e. The van der Waals surface area contributed by atoms with E-state index in [-0.39, 0.29) is 11.6 Å². The fourth-order valence-corrected chi connectivity index (χ4v) is 1.88. The molecule has 1 aromatic carbocycles. The predicted octanol–water partition coefficient (Wildman–Crippen LogP) is 3.69. The summed E-state index contributed by atoms with van der Waals surface area (Å²) < 4.78 is 0. The van der Waals surface area contributed by atoms with E-state index in [0.717, 1.165) is 18.4 Å². The molecular formula is C16H22N2O3. The van der Waals surface area contributed by atoms with Gasteiger partial charge in [0, 0.05) is 24.8 Å². The SMILES string of the molecule is CCCCCCCNC(=O)C=Cc1ccc([N+](=O)[O-])cc1. The van der Waals surface area contributed by atoms with Crippen molar-refractivity contribution in [1.82, 2.24) is 5.32 Å². The highest BCUT2D eigenvalue weighted by molar-refractivity contribution is 5.91. The van der Waals surface area contributed by atoms with E-state index in [4.69, 9.17) is 0 Å². The van der Waals surface area contributed by atoms with E-state index in [1.165, 1.54) is 37.5 Å². The normalized spacial score (nSPS) is 10.7.